The zero-order chi connectivity index (χ0) is 17.5. The molecule has 1 aliphatic heterocycles. The van der Waals surface area contributed by atoms with E-state index in [4.69, 9.17) is 11.6 Å². The third-order valence-electron chi connectivity index (χ3n) is 4.57. The number of hydrogen-bond donors (Lipinski definition) is 3. The SMILES string of the molecule is CCC(C)C(NC(=O)c1ccc(Cl)cc1)C(=O)NCC1CCCN1.Cl. The van der Waals surface area contributed by atoms with Crippen LogP contribution in [-0.4, -0.2) is 37.0 Å². The van der Waals surface area contributed by atoms with Crippen LogP contribution in [0.5, 0.6) is 0 Å². The largest absolute Gasteiger partial charge is 0.353 e. The number of carbonyl (C=O) groups excluding carboxylic acids is 2. The van der Waals surface area contributed by atoms with E-state index in [0.717, 1.165) is 25.8 Å². The van der Waals surface area contributed by atoms with Gasteiger partial charge in [0.25, 0.3) is 5.91 Å². The summed E-state index contributed by atoms with van der Waals surface area (Å²) >= 11 is 5.85. The Hall–Kier alpha value is -1.30. The quantitative estimate of drug-likeness (QED) is 0.673. The molecule has 2 rings (SSSR count). The lowest BCUT2D eigenvalue weighted by atomic mass is 9.97. The van der Waals surface area contributed by atoms with Gasteiger partial charge in [0.1, 0.15) is 6.04 Å². The lowest BCUT2D eigenvalue weighted by molar-refractivity contribution is -0.124. The fourth-order valence-corrected chi connectivity index (χ4v) is 2.92. The van der Waals surface area contributed by atoms with Crippen molar-refractivity contribution in [2.45, 2.75) is 45.2 Å². The first kappa shape index (κ1) is 21.7. The summed E-state index contributed by atoms with van der Waals surface area (Å²) in [5, 5.41) is 9.76. The molecule has 1 aromatic rings. The lowest BCUT2D eigenvalue weighted by Crippen LogP contribution is -2.52. The topological polar surface area (TPSA) is 70.2 Å². The summed E-state index contributed by atoms with van der Waals surface area (Å²) in [6, 6.07) is 6.44. The highest BCUT2D eigenvalue weighted by Crippen LogP contribution is 2.12. The van der Waals surface area contributed by atoms with Crippen LogP contribution in [0.4, 0.5) is 0 Å². The molecule has 0 radical (unpaired) electrons. The first-order valence-electron chi connectivity index (χ1n) is 8.58. The van der Waals surface area contributed by atoms with Gasteiger partial charge in [-0.3, -0.25) is 9.59 Å². The molecule has 1 saturated heterocycles. The van der Waals surface area contributed by atoms with Crippen LogP contribution in [0.1, 0.15) is 43.5 Å². The molecule has 2 amide bonds. The van der Waals surface area contributed by atoms with Gasteiger partial charge >= 0.3 is 0 Å². The highest BCUT2D eigenvalue weighted by atomic mass is 35.5. The normalized spacial score (nSPS) is 18.8. The summed E-state index contributed by atoms with van der Waals surface area (Å²) in [7, 11) is 0. The molecule has 3 unspecified atom stereocenters. The Morgan fingerprint density at radius 3 is 2.56 bits per heavy atom. The number of carbonyl (C=O) groups is 2. The van der Waals surface area contributed by atoms with Crippen LogP contribution >= 0.6 is 24.0 Å². The first-order chi connectivity index (χ1) is 11.5. The van der Waals surface area contributed by atoms with E-state index in [1.165, 1.54) is 0 Å². The van der Waals surface area contributed by atoms with Crippen molar-refractivity contribution < 1.29 is 9.59 Å². The van der Waals surface area contributed by atoms with Gasteiger partial charge in [0.05, 0.1) is 0 Å². The Morgan fingerprint density at radius 2 is 2.00 bits per heavy atom. The van der Waals surface area contributed by atoms with Crippen LogP contribution in [0.25, 0.3) is 0 Å². The molecule has 5 nitrogen and oxygen atoms in total. The first-order valence-corrected chi connectivity index (χ1v) is 8.96. The van der Waals surface area contributed by atoms with Gasteiger partial charge in [-0.1, -0.05) is 31.9 Å². The van der Waals surface area contributed by atoms with Crippen molar-refractivity contribution >= 4 is 35.8 Å². The van der Waals surface area contributed by atoms with E-state index in [1.54, 1.807) is 24.3 Å². The molecule has 25 heavy (non-hydrogen) atoms. The zero-order valence-corrected chi connectivity index (χ0v) is 16.3. The number of amides is 2. The minimum atomic E-state index is -0.542. The van der Waals surface area contributed by atoms with Gasteiger partial charge in [-0.05, 0) is 49.6 Å². The zero-order valence-electron chi connectivity index (χ0n) is 14.7. The molecule has 0 spiro atoms. The molecule has 0 bridgehead atoms. The van der Waals surface area contributed by atoms with Gasteiger partial charge in [-0.25, -0.2) is 0 Å². The average Bonchev–Trinajstić information content (AvgIpc) is 3.10. The van der Waals surface area contributed by atoms with Crippen molar-refractivity contribution in [3.05, 3.63) is 34.9 Å². The summed E-state index contributed by atoms with van der Waals surface area (Å²) in [5.41, 5.74) is 0.498. The second kappa shape index (κ2) is 10.6. The summed E-state index contributed by atoms with van der Waals surface area (Å²) in [6.45, 7) is 5.59. The van der Waals surface area contributed by atoms with Crippen molar-refractivity contribution in [2.24, 2.45) is 5.92 Å². The van der Waals surface area contributed by atoms with E-state index in [-0.39, 0.29) is 30.1 Å². The fraction of sp³-hybridized carbons (Fsp3) is 0.556. The van der Waals surface area contributed by atoms with Gasteiger partial charge in [0, 0.05) is 23.2 Å². The smallest absolute Gasteiger partial charge is 0.251 e. The maximum Gasteiger partial charge on any atom is 0.251 e. The molecule has 3 N–H and O–H groups in total. The highest BCUT2D eigenvalue weighted by Gasteiger charge is 2.27. The number of hydrogen-bond acceptors (Lipinski definition) is 3. The third kappa shape index (κ3) is 6.49. The van der Waals surface area contributed by atoms with E-state index in [2.05, 4.69) is 16.0 Å². The predicted molar refractivity (Wildman–Crippen MR) is 103 cm³/mol. The molecule has 1 aromatic carbocycles. The van der Waals surface area contributed by atoms with Crippen molar-refractivity contribution in [2.75, 3.05) is 13.1 Å². The van der Waals surface area contributed by atoms with E-state index in [1.807, 2.05) is 13.8 Å². The number of benzene rings is 1. The van der Waals surface area contributed by atoms with Crippen molar-refractivity contribution in [1.82, 2.24) is 16.0 Å². The van der Waals surface area contributed by atoms with Crippen LogP contribution in [0.3, 0.4) is 0 Å². The molecule has 1 fully saturated rings. The van der Waals surface area contributed by atoms with E-state index in [0.29, 0.717) is 23.2 Å². The van der Waals surface area contributed by atoms with Crippen molar-refractivity contribution in [3.63, 3.8) is 0 Å². The van der Waals surface area contributed by atoms with E-state index >= 15 is 0 Å². The van der Waals surface area contributed by atoms with Gasteiger partial charge in [0.15, 0.2) is 0 Å². The summed E-state index contributed by atoms with van der Waals surface area (Å²) < 4.78 is 0. The maximum atomic E-state index is 12.5. The Kier molecular flexibility index (Phi) is 9.25. The molecule has 0 aliphatic carbocycles. The Balaban J connectivity index is 0.00000312. The minimum Gasteiger partial charge on any atom is -0.353 e. The van der Waals surface area contributed by atoms with Crippen LogP contribution in [0.2, 0.25) is 5.02 Å². The van der Waals surface area contributed by atoms with Crippen LogP contribution in [-0.2, 0) is 4.79 Å². The number of rotatable bonds is 7. The van der Waals surface area contributed by atoms with Crippen molar-refractivity contribution in [3.8, 4) is 0 Å². The van der Waals surface area contributed by atoms with Crippen LogP contribution in [0.15, 0.2) is 24.3 Å². The maximum absolute atomic E-state index is 12.5. The number of nitrogens with one attached hydrogen (secondary N) is 3. The molecule has 0 aromatic heterocycles. The lowest BCUT2D eigenvalue weighted by Gasteiger charge is -2.24. The summed E-state index contributed by atoms with van der Waals surface area (Å²) in [4.78, 5) is 25.0. The Bertz CT molecular complexity index is 560. The predicted octanol–water partition coefficient (Wildman–Crippen LogP) is 2.77. The molecular weight excluding hydrogens is 361 g/mol. The van der Waals surface area contributed by atoms with Crippen LogP contribution in [0, 0.1) is 5.92 Å². The minimum absolute atomic E-state index is 0. The van der Waals surface area contributed by atoms with Crippen molar-refractivity contribution in [1.29, 1.82) is 0 Å². The van der Waals surface area contributed by atoms with Gasteiger partial charge in [-0.2, -0.15) is 0 Å². The Morgan fingerprint density at radius 1 is 1.32 bits per heavy atom. The second-order valence-corrected chi connectivity index (χ2v) is 6.82. The molecule has 3 atom stereocenters. The summed E-state index contributed by atoms with van der Waals surface area (Å²) in [5.74, 6) is -0.329. The molecule has 7 heteroatoms. The standard InChI is InChI=1S/C18H26ClN3O2.ClH/c1-3-12(2)16(18(24)21-11-15-5-4-10-20-15)22-17(23)13-6-8-14(19)9-7-13;/h6-9,12,15-16,20H,3-5,10-11H2,1-2H3,(H,21,24)(H,22,23);1H. The van der Waals surface area contributed by atoms with Gasteiger partial charge < -0.3 is 16.0 Å². The molecule has 1 heterocycles. The molecule has 0 saturated carbocycles. The van der Waals surface area contributed by atoms with Crippen LogP contribution < -0.4 is 16.0 Å². The molecule has 140 valence electrons. The monoisotopic (exact) mass is 387 g/mol. The highest BCUT2D eigenvalue weighted by molar-refractivity contribution is 6.30. The Labute approximate surface area is 160 Å². The molecular formula is C18H27Cl2N3O2. The van der Waals surface area contributed by atoms with Gasteiger partial charge in [0.2, 0.25) is 5.91 Å². The second-order valence-electron chi connectivity index (χ2n) is 6.38. The van der Waals surface area contributed by atoms with Gasteiger partial charge in [-0.15, -0.1) is 12.4 Å². The molecule has 1 aliphatic rings. The van der Waals surface area contributed by atoms with E-state index < -0.39 is 6.04 Å². The van der Waals surface area contributed by atoms with E-state index in [9.17, 15) is 9.59 Å². The number of halogens is 2. The average molecular weight is 388 g/mol. The summed E-state index contributed by atoms with van der Waals surface area (Å²) in [6.07, 6.45) is 3.02. The third-order valence-corrected chi connectivity index (χ3v) is 4.83. The fourth-order valence-electron chi connectivity index (χ4n) is 2.79.